The molecule has 2 bridgehead atoms. The van der Waals surface area contributed by atoms with Crippen molar-refractivity contribution in [2.45, 2.75) is 45.6 Å². The summed E-state index contributed by atoms with van der Waals surface area (Å²) in [6.45, 7) is 3.70. The van der Waals surface area contributed by atoms with Crippen LogP contribution in [0.15, 0.2) is 44.4 Å². The zero-order valence-corrected chi connectivity index (χ0v) is 21.8. The first-order valence-corrected chi connectivity index (χ1v) is 12.7. The Morgan fingerprint density at radius 3 is 2.50 bits per heavy atom. The van der Waals surface area contributed by atoms with Crippen LogP contribution in [0.5, 0.6) is 17.2 Å². The molecule has 1 heterocycles. The number of methoxy groups -OCH3 is 1. The maximum absolute atomic E-state index is 12.9. The van der Waals surface area contributed by atoms with Crippen LogP contribution >= 0.6 is 15.9 Å². The van der Waals surface area contributed by atoms with E-state index in [9.17, 15) is 14.4 Å². The third kappa shape index (κ3) is 4.57. The molecule has 188 valence electrons. The number of aromatic amines is 1. The van der Waals surface area contributed by atoms with Crippen LogP contribution in [0, 0.1) is 25.7 Å². The molecule has 2 aliphatic rings. The summed E-state index contributed by atoms with van der Waals surface area (Å²) in [6.07, 6.45) is 4.35. The van der Waals surface area contributed by atoms with Crippen LogP contribution < -0.4 is 26.0 Å². The fourth-order valence-corrected chi connectivity index (χ4v) is 5.94. The Kier molecular flexibility index (Phi) is 6.46. The second kappa shape index (κ2) is 9.57. The van der Waals surface area contributed by atoms with E-state index in [1.165, 1.54) is 6.42 Å². The Labute approximate surface area is 216 Å². The summed E-state index contributed by atoms with van der Waals surface area (Å²) < 4.78 is 13.2. The lowest BCUT2D eigenvalue weighted by Crippen LogP contribution is -2.44. The molecular formula is C26H27BrN4O5. The smallest absolute Gasteiger partial charge is 0.349 e. The van der Waals surface area contributed by atoms with Crippen molar-refractivity contribution in [3.63, 3.8) is 0 Å². The second-order valence-corrected chi connectivity index (χ2v) is 10.4. The highest BCUT2D eigenvalue weighted by Gasteiger charge is 2.40. The van der Waals surface area contributed by atoms with Gasteiger partial charge in [-0.25, -0.2) is 4.79 Å². The van der Waals surface area contributed by atoms with Gasteiger partial charge in [0.1, 0.15) is 17.2 Å². The third-order valence-corrected chi connectivity index (χ3v) is 7.75. The lowest BCUT2D eigenvalue weighted by atomic mass is 9.95. The topological polar surface area (TPSA) is 115 Å². The van der Waals surface area contributed by atoms with E-state index in [0.29, 0.717) is 34.8 Å². The van der Waals surface area contributed by atoms with Crippen molar-refractivity contribution in [2.24, 2.45) is 11.8 Å². The van der Waals surface area contributed by atoms with Gasteiger partial charge in [0.25, 0.3) is 11.5 Å². The number of carbonyl (C=O) groups excluding carboxylic acids is 1. The molecule has 0 spiro atoms. The van der Waals surface area contributed by atoms with Gasteiger partial charge in [0.05, 0.1) is 17.3 Å². The zero-order chi connectivity index (χ0) is 25.6. The standard InChI is InChI=1S/C26H27BrN4O5/c1-13-8-17(9-14(2)23(13)36-18-6-7-21(35-3)19(27)12-18)31-26(34)29-25(33)22(30-31)24(32)28-20-11-15-4-5-16(20)10-15/h6-9,12,15-16,20H,4-5,10-11H2,1-3H3,(H,28,32)(H,29,33,34). The number of aromatic nitrogens is 3. The summed E-state index contributed by atoms with van der Waals surface area (Å²) in [5, 5.41) is 7.13. The molecule has 36 heavy (non-hydrogen) atoms. The van der Waals surface area contributed by atoms with E-state index < -0.39 is 17.2 Å². The van der Waals surface area contributed by atoms with Crippen LogP contribution in [-0.4, -0.2) is 33.8 Å². The molecule has 3 aromatic rings. The Morgan fingerprint density at radius 2 is 1.89 bits per heavy atom. The number of hydrogen-bond donors (Lipinski definition) is 2. The number of halogens is 1. The molecule has 2 fully saturated rings. The quantitative estimate of drug-likeness (QED) is 0.475. The largest absolute Gasteiger partial charge is 0.496 e. The van der Waals surface area contributed by atoms with Crippen molar-refractivity contribution < 1.29 is 14.3 Å². The van der Waals surface area contributed by atoms with Gasteiger partial charge in [-0.15, -0.1) is 0 Å². The number of nitrogens with zero attached hydrogens (tertiary/aromatic N) is 2. The predicted molar refractivity (Wildman–Crippen MR) is 137 cm³/mol. The average molecular weight is 555 g/mol. The van der Waals surface area contributed by atoms with E-state index >= 15 is 0 Å². The van der Waals surface area contributed by atoms with Crippen LogP contribution in [0.25, 0.3) is 5.69 Å². The van der Waals surface area contributed by atoms with Crippen molar-refractivity contribution in [3.8, 4) is 22.9 Å². The molecule has 10 heteroatoms. The van der Waals surface area contributed by atoms with Crippen molar-refractivity contribution in [1.29, 1.82) is 0 Å². The monoisotopic (exact) mass is 554 g/mol. The highest BCUT2D eigenvalue weighted by molar-refractivity contribution is 9.10. The molecule has 3 unspecified atom stereocenters. The highest BCUT2D eigenvalue weighted by atomic mass is 79.9. The fourth-order valence-electron chi connectivity index (χ4n) is 5.42. The van der Waals surface area contributed by atoms with Gasteiger partial charge >= 0.3 is 5.69 Å². The number of rotatable bonds is 6. The summed E-state index contributed by atoms with van der Waals surface area (Å²) in [5.74, 6) is 2.47. The van der Waals surface area contributed by atoms with Gasteiger partial charge in [-0.05, 0) is 102 Å². The van der Waals surface area contributed by atoms with Crippen molar-refractivity contribution in [2.75, 3.05) is 7.11 Å². The maximum atomic E-state index is 12.9. The molecule has 1 aromatic heterocycles. The minimum Gasteiger partial charge on any atom is -0.496 e. The van der Waals surface area contributed by atoms with Crippen LogP contribution in [0.2, 0.25) is 0 Å². The molecule has 2 aromatic carbocycles. The van der Waals surface area contributed by atoms with E-state index in [4.69, 9.17) is 9.47 Å². The number of benzene rings is 2. The molecule has 2 saturated carbocycles. The number of ether oxygens (including phenoxy) is 2. The summed E-state index contributed by atoms with van der Waals surface area (Å²) in [5.41, 5.74) is 0.0904. The number of H-pyrrole nitrogens is 1. The average Bonchev–Trinajstić information content (AvgIpc) is 3.45. The van der Waals surface area contributed by atoms with E-state index in [1.807, 2.05) is 13.8 Å². The van der Waals surface area contributed by atoms with E-state index in [1.54, 1.807) is 37.4 Å². The summed E-state index contributed by atoms with van der Waals surface area (Å²) in [6, 6.07) is 8.91. The molecule has 2 N–H and O–H groups in total. The third-order valence-electron chi connectivity index (χ3n) is 7.13. The van der Waals surface area contributed by atoms with Gasteiger partial charge in [-0.3, -0.25) is 14.6 Å². The van der Waals surface area contributed by atoms with E-state index in [0.717, 1.165) is 39.5 Å². The van der Waals surface area contributed by atoms with Crippen LogP contribution in [0.1, 0.15) is 47.3 Å². The molecule has 3 atom stereocenters. The summed E-state index contributed by atoms with van der Waals surface area (Å²) in [4.78, 5) is 40.2. The molecular weight excluding hydrogens is 528 g/mol. The number of carbonyl (C=O) groups is 1. The number of fused-ring (bicyclic) bond motifs is 2. The first kappa shape index (κ1) is 24.3. The van der Waals surface area contributed by atoms with Crippen molar-refractivity contribution in [3.05, 3.63) is 72.5 Å². The van der Waals surface area contributed by atoms with Gasteiger partial charge in [-0.1, -0.05) is 6.42 Å². The Morgan fingerprint density at radius 1 is 1.14 bits per heavy atom. The second-order valence-electron chi connectivity index (χ2n) is 9.58. The highest BCUT2D eigenvalue weighted by Crippen LogP contribution is 2.44. The molecule has 0 saturated heterocycles. The number of hydrogen-bond acceptors (Lipinski definition) is 6. The van der Waals surface area contributed by atoms with Gasteiger partial charge < -0.3 is 14.8 Å². The van der Waals surface area contributed by atoms with Gasteiger partial charge in [0.15, 0.2) is 0 Å². The summed E-state index contributed by atoms with van der Waals surface area (Å²) >= 11 is 3.46. The van der Waals surface area contributed by atoms with Crippen LogP contribution in [0.4, 0.5) is 0 Å². The maximum Gasteiger partial charge on any atom is 0.349 e. The zero-order valence-electron chi connectivity index (χ0n) is 20.3. The minimum atomic E-state index is -0.796. The Balaban J connectivity index is 1.43. The van der Waals surface area contributed by atoms with Crippen molar-refractivity contribution >= 4 is 21.8 Å². The SMILES string of the molecule is COc1ccc(Oc2c(C)cc(-n3nc(C(=O)NC4CC5CCC4C5)c(=O)[nH]c3=O)cc2C)cc1Br. The van der Waals surface area contributed by atoms with Crippen LogP contribution in [0.3, 0.4) is 0 Å². The van der Waals surface area contributed by atoms with Gasteiger partial charge in [0.2, 0.25) is 5.69 Å². The number of aryl methyl sites for hydroxylation is 2. The van der Waals surface area contributed by atoms with Crippen molar-refractivity contribution in [1.82, 2.24) is 20.1 Å². The predicted octanol–water partition coefficient (Wildman–Crippen LogP) is 4.02. The van der Waals surface area contributed by atoms with Gasteiger partial charge in [-0.2, -0.15) is 9.78 Å². The normalized spacial score (nSPS) is 20.4. The molecule has 5 rings (SSSR count). The minimum absolute atomic E-state index is 0.0525. The first-order chi connectivity index (χ1) is 17.2. The number of nitrogens with one attached hydrogen (secondary N) is 2. The summed E-state index contributed by atoms with van der Waals surface area (Å²) in [7, 11) is 1.59. The molecule has 0 aliphatic heterocycles. The lowest BCUT2D eigenvalue weighted by molar-refractivity contribution is 0.0914. The molecule has 2 aliphatic carbocycles. The van der Waals surface area contributed by atoms with Gasteiger partial charge in [0, 0.05) is 6.04 Å². The molecule has 9 nitrogen and oxygen atoms in total. The Hall–Kier alpha value is -3.40. The lowest BCUT2D eigenvalue weighted by Gasteiger charge is -2.22. The molecule has 1 amide bonds. The Bertz CT molecular complexity index is 1440. The molecule has 0 radical (unpaired) electrons. The number of amides is 1. The first-order valence-electron chi connectivity index (χ1n) is 11.9. The van der Waals surface area contributed by atoms with E-state index in [-0.39, 0.29) is 11.7 Å². The van der Waals surface area contributed by atoms with E-state index in [2.05, 4.69) is 31.3 Å². The fraction of sp³-hybridized carbons (Fsp3) is 0.385. The van der Waals surface area contributed by atoms with Crippen LogP contribution in [-0.2, 0) is 0 Å².